The van der Waals surface area contributed by atoms with Crippen molar-refractivity contribution in [2.24, 2.45) is 7.05 Å². The number of aryl methyl sites for hydroxylation is 1. The van der Waals surface area contributed by atoms with Crippen LogP contribution in [-0.2, 0) is 23.2 Å². The number of hydrogen-bond donors (Lipinski definition) is 0. The summed E-state index contributed by atoms with van der Waals surface area (Å²) in [6, 6.07) is 4.50. The van der Waals surface area contributed by atoms with Crippen molar-refractivity contribution in [2.75, 3.05) is 0 Å². The number of carbonyl (C=O) groups excluding carboxylic acids is 1. The van der Waals surface area contributed by atoms with Gasteiger partial charge in [-0.25, -0.2) is 14.2 Å². The van der Waals surface area contributed by atoms with E-state index in [0.29, 0.717) is 11.3 Å². The first kappa shape index (κ1) is 17.5. The highest BCUT2D eigenvalue weighted by atomic mass is 79.9. The lowest BCUT2D eigenvalue weighted by Crippen LogP contribution is -2.01. The molecule has 2 aromatic heterocycles. The molecule has 1 aromatic carbocycles. The van der Waals surface area contributed by atoms with Crippen molar-refractivity contribution in [1.29, 1.82) is 0 Å². The van der Waals surface area contributed by atoms with E-state index in [0.717, 1.165) is 15.0 Å². The fraction of sp³-hybridized carbons (Fsp3) is 0.118. The van der Waals surface area contributed by atoms with Gasteiger partial charge in [0.25, 0.3) is 0 Å². The summed E-state index contributed by atoms with van der Waals surface area (Å²) in [5.74, 6) is -0.969. The number of rotatable bonds is 5. The third kappa shape index (κ3) is 4.61. The van der Waals surface area contributed by atoms with E-state index in [9.17, 15) is 9.18 Å². The molecule has 8 heteroatoms. The topological polar surface area (TPSA) is 57.0 Å². The van der Waals surface area contributed by atoms with Crippen LogP contribution in [0.2, 0.25) is 0 Å². The first-order chi connectivity index (χ1) is 12.0. The Bertz CT molecular complexity index is 936. The molecule has 2 heterocycles. The van der Waals surface area contributed by atoms with Crippen molar-refractivity contribution >= 4 is 39.3 Å². The van der Waals surface area contributed by atoms with Gasteiger partial charge < -0.3 is 4.74 Å². The first-order valence-corrected chi connectivity index (χ1v) is 8.92. The Kier molecular flexibility index (Phi) is 5.40. The second-order valence-corrected chi connectivity index (χ2v) is 6.93. The molecular weight excluding hydrogens is 409 g/mol. The number of halogens is 2. The van der Waals surface area contributed by atoms with Gasteiger partial charge >= 0.3 is 5.97 Å². The van der Waals surface area contributed by atoms with E-state index in [4.69, 9.17) is 4.74 Å². The van der Waals surface area contributed by atoms with E-state index in [-0.39, 0.29) is 6.61 Å². The molecule has 0 aliphatic heterocycles. The van der Waals surface area contributed by atoms with Gasteiger partial charge in [0.15, 0.2) is 0 Å². The molecule has 0 N–H and O–H groups in total. The zero-order valence-corrected chi connectivity index (χ0v) is 15.6. The molecule has 0 saturated carbocycles. The molecule has 0 unspecified atom stereocenters. The molecule has 128 valence electrons. The molecule has 0 radical (unpaired) electrons. The number of esters is 1. The first-order valence-electron chi connectivity index (χ1n) is 7.24. The van der Waals surface area contributed by atoms with Crippen molar-refractivity contribution in [3.8, 4) is 10.6 Å². The monoisotopic (exact) mass is 421 g/mol. The number of ether oxygens (including phenoxy) is 1. The third-order valence-electron chi connectivity index (χ3n) is 3.22. The molecule has 0 saturated heterocycles. The van der Waals surface area contributed by atoms with Gasteiger partial charge in [0.2, 0.25) is 0 Å². The van der Waals surface area contributed by atoms with Gasteiger partial charge in [0, 0.05) is 40.3 Å². The quantitative estimate of drug-likeness (QED) is 0.457. The molecule has 25 heavy (non-hydrogen) atoms. The normalized spacial score (nSPS) is 11.2. The number of aromatic nitrogens is 3. The number of benzene rings is 1. The maximum atomic E-state index is 13.6. The van der Waals surface area contributed by atoms with E-state index in [2.05, 4.69) is 26.0 Å². The Labute approximate surface area is 155 Å². The fourth-order valence-electron chi connectivity index (χ4n) is 2.03. The smallest absolute Gasteiger partial charge is 0.331 e. The van der Waals surface area contributed by atoms with Gasteiger partial charge in [0.1, 0.15) is 17.4 Å². The number of thiazole rings is 1. The number of carbonyl (C=O) groups is 1. The summed E-state index contributed by atoms with van der Waals surface area (Å²) in [4.78, 5) is 16.2. The molecule has 5 nitrogen and oxygen atoms in total. The number of hydrogen-bond acceptors (Lipinski definition) is 5. The molecule has 0 bridgehead atoms. The average molecular weight is 422 g/mol. The Morgan fingerprint density at radius 1 is 1.48 bits per heavy atom. The molecule has 0 aliphatic carbocycles. The van der Waals surface area contributed by atoms with Crippen LogP contribution in [0.5, 0.6) is 0 Å². The Hall–Kier alpha value is -2.32. The van der Waals surface area contributed by atoms with Crippen molar-refractivity contribution in [1.82, 2.24) is 14.8 Å². The van der Waals surface area contributed by atoms with Crippen LogP contribution in [-0.4, -0.2) is 20.7 Å². The summed E-state index contributed by atoms with van der Waals surface area (Å²) in [7, 11) is 1.83. The Morgan fingerprint density at radius 2 is 2.32 bits per heavy atom. The molecule has 3 rings (SSSR count). The zero-order chi connectivity index (χ0) is 17.8. The lowest BCUT2D eigenvalue weighted by atomic mass is 10.2. The molecule has 0 atom stereocenters. The Morgan fingerprint density at radius 3 is 3.08 bits per heavy atom. The molecule has 0 spiro atoms. The minimum atomic E-state index is -0.560. The highest BCUT2D eigenvalue weighted by Gasteiger charge is 2.08. The summed E-state index contributed by atoms with van der Waals surface area (Å²) in [5.41, 5.74) is 1.87. The summed E-state index contributed by atoms with van der Waals surface area (Å²) in [6.45, 7) is 0.0565. The van der Waals surface area contributed by atoms with Gasteiger partial charge in [-0.3, -0.25) is 4.68 Å². The van der Waals surface area contributed by atoms with Crippen LogP contribution in [0.4, 0.5) is 4.39 Å². The molecule has 0 amide bonds. The summed E-state index contributed by atoms with van der Waals surface area (Å²) in [6.07, 6.45) is 6.16. The second-order valence-electron chi connectivity index (χ2n) is 5.15. The van der Waals surface area contributed by atoms with E-state index >= 15 is 0 Å². The largest absolute Gasteiger partial charge is 0.456 e. The fourth-order valence-corrected chi connectivity index (χ4v) is 3.19. The van der Waals surface area contributed by atoms with Gasteiger partial charge in [-0.05, 0) is 24.3 Å². The van der Waals surface area contributed by atoms with Gasteiger partial charge in [0.05, 0.1) is 11.9 Å². The SMILES string of the molecule is Cn1cc(-c2nc(COC(=O)C=Cc3cc(Br)ccc3F)cs2)cn1. The second kappa shape index (κ2) is 7.71. The van der Waals surface area contributed by atoms with Crippen LogP contribution < -0.4 is 0 Å². The lowest BCUT2D eigenvalue weighted by molar-refractivity contribution is -0.139. The van der Waals surface area contributed by atoms with Gasteiger partial charge in [-0.2, -0.15) is 5.10 Å². The highest BCUT2D eigenvalue weighted by molar-refractivity contribution is 9.10. The van der Waals surface area contributed by atoms with Crippen molar-refractivity contribution < 1.29 is 13.9 Å². The van der Waals surface area contributed by atoms with Crippen molar-refractivity contribution in [3.05, 3.63) is 63.6 Å². The Balaban J connectivity index is 1.58. The minimum Gasteiger partial charge on any atom is -0.456 e. The van der Waals surface area contributed by atoms with E-state index < -0.39 is 11.8 Å². The van der Waals surface area contributed by atoms with Crippen LogP contribution in [0.15, 0.2) is 46.5 Å². The summed E-state index contributed by atoms with van der Waals surface area (Å²) in [5, 5.41) is 6.74. The zero-order valence-electron chi connectivity index (χ0n) is 13.1. The summed E-state index contributed by atoms with van der Waals surface area (Å²) < 4.78 is 21.2. The third-order valence-corrected chi connectivity index (χ3v) is 4.66. The van der Waals surface area contributed by atoms with E-state index in [1.165, 1.54) is 29.6 Å². The van der Waals surface area contributed by atoms with Crippen molar-refractivity contribution in [2.45, 2.75) is 6.61 Å². The molecule has 0 fully saturated rings. The maximum Gasteiger partial charge on any atom is 0.331 e. The van der Waals surface area contributed by atoms with Crippen LogP contribution >= 0.6 is 27.3 Å². The predicted octanol–water partition coefficient (Wildman–Crippen LogP) is 4.20. The van der Waals surface area contributed by atoms with Crippen LogP contribution in [0.1, 0.15) is 11.3 Å². The van der Waals surface area contributed by atoms with Crippen LogP contribution in [0.3, 0.4) is 0 Å². The standard InChI is InChI=1S/C17H13BrFN3O2S/c1-22-8-12(7-20-22)17-21-14(10-25-17)9-24-16(23)5-2-11-6-13(18)3-4-15(11)19/h2-8,10H,9H2,1H3. The summed E-state index contributed by atoms with van der Waals surface area (Å²) >= 11 is 4.71. The van der Waals surface area contributed by atoms with Gasteiger partial charge in [-0.1, -0.05) is 15.9 Å². The van der Waals surface area contributed by atoms with Crippen molar-refractivity contribution in [3.63, 3.8) is 0 Å². The van der Waals surface area contributed by atoms with Crippen LogP contribution in [0, 0.1) is 5.82 Å². The minimum absolute atomic E-state index is 0.0565. The number of nitrogens with zero attached hydrogens (tertiary/aromatic N) is 3. The van der Waals surface area contributed by atoms with Gasteiger partial charge in [-0.15, -0.1) is 11.3 Å². The molecule has 3 aromatic rings. The molecular formula is C17H13BrFN3O2S. The van der Waals surface area contributed by atoms with E-state index in [1.807, 2.05) is 18.6 Å². The van der Waals surface area contributed by atoms with E-state index in [1.54, 1.807) is 23.0 Å². The predicted molar refractivity (Wildman–Crippen MR) is 97.2 cm³/mol. The molecule has 0 aliphatic rings. The van der Waals surface area contributed by atoms with Crippen LogP contribution in [0.25, 0.3) is 16.6 Å². The average Bonchev–Trinajstić information content (AvgIpc) is 3.22. The highest BCUT2D eigenvalue weighted by Crippen LogP contribution is 2.23. The maximum absolute atomic E-state index is 13.6. The lowest BCUT2D eigenvalue weighted by Gasteiger charge is -2.00.